The third-order valence-electron chi connectivity index (χ3n) is 2.54. The second-order valence-corrected chi connectivity index (χ2v) is 5.91. The molecule has 0 saturated carbocycles. The van der Waals surface area contributed by atoms with Crippen molar-refractivity contribution in [2.24, 2.45) is 0 Å². The SMILES string of the molecule is CCNCCS(=O)(=O)N1CCCC(O)C1. The highest BCUT2D eigenvalue weighted by atomic mass is 32.2. The number of hydrogen-bond donors (Lipinski definition) is 2. The molecule has 0 aromatic rings. The molecular formula is C9H20N2O3S. The van der Waals surface area contributed by atoms with Crippen LogP contribution >= 0.6 is 0 Å². The standard InChI is InChI=1S/C9H20N2O3S/c1-2-10-5-7-15(13,14)11-6-3-4-9(12)8-11/h9-10,12H,2-8H2,1H3. The van der Waals surface area contributed by atoms with Gasteiger partial charge in [0.2, 0.25) is 10.0 Å². The molecule has 0 bridgehead atoms. The Morgan fingerprint density at radius 2 is 2.27 bits per heavy atom. The fourth-order valence-corrected chi connectivity index (χ4v) is 3.15. The van der Waals surface area contributed by atoms with E-state index in [1.807, 2.05) is 6.92 Å². The van der Waals surface area contributed by atoms with Crippen LogP contribution in [0.15, 0.2) is 0 Å². The van der Waals surface area contributed by atoms with Crippen molar-refractivity contribution in [3.8, 4) is 0 Å². The van der Waals surface area contributed by atoms with Crippen LogP contribution in [-0.4, -0.2) is 55.9 Å². The summed E-state index contributed by atoms with van der Waals surface area (Å²) in [6, 6.07) is 0. The van der Waals surface area contributed by atoms with Gasteiger partial charge in [0.15, 0.2) is 0 Å². The maximum absolute atomic E-state index is 11.8. The summed E-state index contributed by atoms with van der Waals surface area (Å²) in [5.74, 6) is 0.119. The highest BCUT2D eigenvalue weighted by Gasteiger charge is 2.27. The second-order valence-electron chi connectivity index (χ2n) is 3.82. The lowest BCUT2D eigenvalue weighted by Gasteiger charge is -2.29. The van der Waals surface area contributed by atoms with Crippen molar-refractivity contribution in [1.82, 2.24) is 9.62 Å². The highest BCUT2D eigenvalue weighted by Crippen LogP contribution is 2.13. The van der Waals surface area contributed by atoms with Gasteiger partial charge in [0, 0.05) is 19.6 Å². The first kappa shape index (κ1) is 12.9. The largest absolute Gasteiger partial charge is 0.392 e. The van der Waals surface area contributed by atoms with Gasteiger partial charge in [0.05, 0.1) is 11.9 Å². The molecule has 0 radical (unpaired) electrons. The van der Waals surface area contributed by atoms with Crippen LogP contribution in [0.3, 0.4) is 0 Å². The van der Waals surface area contributed by atoms with E-state index in [1.165, 1.54) is 4.31 Å². The summed E-state index contributed by atoms with van der Waals surface area (Å²) in [6.45, 7) is 4.00. The second kappa shape index (κ2) is 5.79. The summed E-state index contributed by atoms with van der Waals surface area (Å²) in [5.41, 5.74) is 0. The number of piperidine rings is 1. The molecule has 90 valence electrons. The van der Waals surface area contributed by atoms with Crippen molar-refractivity contribution in [1.29, 1.82) is 0 Å². The van der Waals surface area contributed by atoms with Crippen LogP contribution in [0.25, 0.3) is 0 Å². The quantitative estimate of drug-likeness (QED) is 0.624. The van der Waals surface area contributed by atoms with Crippen molar-refractivity contribution in [3.63, 3.8) is 0 Å². The Labute approximate surface area is 91.5 Å². The van der Waals surface area contributed by atoms with Crippen molar-refractivity contribution >= 4 is 10.0 Å². The van der Waals surface area contributed by atoms with Crippen LogP contribution in [0.4, 0.5) is 0 Å². The molecule has 0 spiro atoms. The number of hydrogen-bond acceptors (Lipinski definition) is 4. The van der Waals surface area contributed by atoms with E-state index in [4.69, 9.17) is 0 Å². The molecular weight excluding hydrogens is 216 g/mol. The zero-order valence-electron chi connectivity index (χ0n) is 9.15. The molecule has 5 nitrogen and oxygen atoms in total. The summed E-state index contributed by atoms with van der Waals surface area (Å²) < 4.78 is 25.0. The van der Waals surface area contributed by atoms with Crippen LogP contribution in [-0.2, 0) is 10.0 Å². The van der Waals surface area contributed by atoms with E-state index in [-0.39, 0.29) is 12.3 Å². The first-order chi connectivity index (χ1) is 7.06. The molecule has 15 heavy (non-hydrogen) atoms. The molecule has 0 aliphatic carbocycles. The molecule has 0 aromatic carbocycles. The zero-order valence-corrected chi connectivity index (χ0v) is 9.96. The van der Waals surface area contributed by atoms with E-state index in [2.05, 4.69) is 5.32 Å². The van der Waals surface area contributed by atoms with Gasteiger partial charge in [-0.1, -0.05) is 6.92 Å². The molecule has 1 heterocycles. The molecule has 2 N–H and O–H groups in total. The third kappa shape index (κ3) is 4.06. The maximum Gasteiger partial charge on any atom is 0.215 e. The lowest BCUT2D eigenvalue weighted by atomic mass is 10.1. The Morgan fingerprint density at radius 3 is 2.87 bits per heavy atom. The van der Waals surface area contributed by atoms with Crippen molar-refractivity contribution in [3.05, 3.63) is 0 Å². The molecule has 1 saturated heterocycles. The van der Waals surface area contributed by atoms with E-state index >= 15 is 0 Å². The number of aliphatic hydroxyl groups excluding tert-OH is 1. The fourth-order valence-electron chi connectivity index (χ4n) is 1.68. The normalized spacial score (nSPS) is 24.3. The predicted octanol–water partition coefficient (Wildman–Crippen LogP) is -0.618. The van der Waals surface area contributed by atoms with Gasteiger partial charge in [0.1, 0.15) is 0 Å². The number of nitrogens with one attached hydrogen (secondary N) is 1. The van der Waals surface area contributed by atoms with Crippen LogP contribution in [0.1, 0.15) is 19.8 Å². The molecule has 1 unspecified atom stereocenters. The summed E-state index contributed by atoms with van der Waals surface area (Å²) in [5, 5.41) is 12.4. The molecule has 1 aliphatic rings. The van der Waals surface area contributed by atoms with E-state index < -0.39 is 16.1 Å². The van der Waals surface area contributed by atoms with Crippen molar-refractivity contribution in [2.75, 3.05) is 31.9 Å². The van der Waals surface area contributed by atoms with Crippen LogP contribution in [0, 0.1) is 0 Å². The number of β-amino-alcohol motifs (C(OH)–C–C–N with tert-alkyl or cyclic N) is 1. The van der Waals surface area contributed by atoms with E-state index in [1.54, 1.807) is 0 Å². The number of rotatable bonds is 5. The van der Waals surface area contributed by atoms with Gasteiger partial charge in [-0.15, -0.1) is 0 Å². The van der Waals surface area contributed by atoms with Gasteiger partial charge in [-0.2, -0.15) is 4.31 Å². The number of sulfonamides is 1. The van der Waals surface area contributed by atoms with E-state index in [9.17, 15) is 13.5 Å². The Morgan fingerprint density at radius 1 is 1.53 bits per heavy atom. The molecule has 0 amide bonds. The molecule has 0 aromatic heterocycles. The van der Waals surface area contributed by atoms with E-state index in [0.29, 0.717) is 19.5 Å². The first-order valence-electron chi connectivity index (χ1n) is 5.43. The summed E-state index contributed by atoms with van der Waals surface area (Å²) >= 11 is 0. The average molecular weight is 236 g/mol. The van der Waals surface area contributed by atoms with Gasteiger partial charge < -0.3 is 10.4 Å². The third-order valence-corrected chi connectivity index (χ3v) is 4.38. The van der Waals surface area contributed by atoms with Gasteiger partial charge in [0.25, 0.3) is 0 Å². The van der Waals surface area contributed by atoms with Crippen LogP contribution in [0.2, 0.25) is 0 Å². The zero-order chi connectivity index (χ0) is 11.3. The Balaban J connectivity index is 2.45. The lowest BCUT2D eigenvalue weighted by molar-refractivity contribution is 0.108. The Kier molecular flexibility index (Phi) is 4.98. The average Bonchev–Trinajstić information content (AvgIpc) is 2.18. The number of aliphatic hydroxyl groups is 1. The van der Waals surface area contributed by atoms with Crippen LogP contribution in [0.5, 0.6) is 0 Å². The number of nitrogens with zero attached hydrogens (tertiary/aromatic N) is 1. The summed E-state index contributed by atoms with van der Waals surface area (Å²) in [6.07, 6.45) is 0.966. The van der Waals surface area contributed by atoms with Crippen LogP contribution < -0.4 is 5.32 Å². The van der Waals surface area contributed by atoms with Gasteiger partial charge in [-0.25, -0.2) is 8.42 Å². The molecule has 1 fully saturated rings. The van der Waals surface area contributed by atoms with Gasteiger partial charge in [-0.05, 0) is 19.4 Å². The molecule has 6 heteroatoms. The lowest BCUT2D eigenvalue weighted by Crippen LogP contribution is -2.44. The Bertz CT molecular complexity index is 279. The fraction of sp³-hybridized carbons (Fsp3) is 1.00. The predicted molar refractivity (Wildman–Crippen MR) is 59.1 cm³/mol. The minimum absolute atomic E-state index is 0.119. The topological polar surface area (TPSA) is 69.6 Å². The van der Waals surface area contributed by atoms with Gasteiger partial charge >= 0.3 is 0 Å². The highest BCUT2D eigenvalue weighted by molar-refractivity contribution is 7.89. The summed E-state index contributed by atoms with van der Waals surface area (Å²) in [4.78, 5) is 0. The molecule has 1 rings (SSSR count). The smallest absolute Gasteiger partial charge is 0.215 e. The maximum atomic E-state index is 11.8. The molecule has 1 atom stereocenters. The monoisotopic (exact) mass is 236 g/mol. The minimum atomic E-state index is -3.18. The van der Waals surface area contributed by atoms with E-state index in [0.717, 1.165) is 13.0 Å². The minimum Gasteiger partial charge on any atom is -0.392 e. The van der Waals surface area contributed by atoms with Gasteiger partial charge in [-0.3, -0.25) is 0 Å². The van der Waals surface area contributed by atoms with Crippen molar-refractivity contribution < 1.29 is 13.5 Å². The first-order valence-corrected chi connectivity index (χ1v) is 7.04. The Hall–Kier alpha value is -0.170. The molecule has 1 aliphatic heterocycles. The van der Waals surface area contributed by atoms with Crippen molar-refractivity contribution in [2.45, 2.75) is 25.9 Å². The summed E-state index contributed by atoms with van der Waals surface area (Å²) in [7, 11) is -3.18.